The highest BCUT2D eigenvalue weighted by Crippen LogP contribution is 2.37. The summed E-state index contributed by atoms with van der Waals surface area (Å²) in [6.45, 7) is 0.143. The van der Waals surface area contributed by atoms with Crippen LogP contribution >= 0.6 is 37.9 Å². The molecule has 0 aliphatic rings. The highest BCUT2D eigenvalue weighted by atomic mass is 35.7. The van der Waals surface area contributed by atoms with E-state index in [0.717, 1.165) is 0 Å². The van der Waals surface area contributed by atoms with Gasteiger partial charge < -0.3 is 18.8 Å². The predicted octanol–water partition coefficient (Wildman–Crippen LogP) is 1.30. The van der Waals surface area contributed by atoms with Crippen LogP contribution in [0.25, 0.3) is 0 Å². The van der Waals surface area contributed by atoms with E-state index in [1.54, 1.807) is 0 Å². The van der Waals surface area contributed by atoms with Crippen LogP contribution in [0.2, 0.25) is 0 Å². The lowest BCUT2D eigenvalue weighted by Crippen LogP contribution is -2.00. The van der Waals surface area contributed by atoms with Gasteiger partial charge in [-0.15, -0.1) is 0 Å². The molecule has 0 fully saturated rings. The van der Waals surface area contributed by atoms with Gasteiger partial charge in [-0.25, -0.2) is 0 Å². The Hall–Kier alpha value is 1.28. The minimum atomic E-state index is -2.11. The Morgan fingerprint density at radius 1 is 1.30 bits per heavy atom. The number of hydrogen-bond acceptors (Lipinski definition) is 4. The molecule has 2 unspecified atom stereocenters. The molecule has 0 saturated carbocycles. The van der Waals surface area contributed by atoms with Crippen LogP contribution in [0.4, 0.5) is 0 Å². The van der Waals surface area contributed by atoms with E-state index < -0.39 is 15.5 Å². The molecular weight excluding hydrogens is 221 g/mol. The molecule has 0 aliphatic carbocycles. The predicted molar refractivity (Wildman–Crippen MR) is 39.7 cm³/mol. The van der Waals surface area contributed by atoms with E-state index in [0.29, 0.717) is 0 Å². The van der Waals surface area contributed by atoms with Crippen LogP contribution in [0.3, 0.4) is 0 Å². The summed E-state index contributed by atoms with van der Waals surface area (Å²) in [6.07, 6.45) is 0. The summed E-state index contributed by atoms with van der Waals surface area (Å²) < 4.78 is 8.85. The highest BCUT2D eigenvalue weighted by Gasteiger charge is 1.97. The summed E-state index contributed by atoms with van der Waals surface area (Å²) in [5, 5.41) is 0. The van der Waals surface area contributed by atoms with Gasteiger partial charge in [0.2, 0.25) is 0 Å². The molecule has 0 aliphatic heterocycles. The average Bonchev–Trinajstić information content (AvgIpc) is 1.79. The Bertz CT molecular complexity index is 71.7. The Balaban J connectivity index is 2.91. The molecule has 0 aromatic rings. The minimum absolute atomic E-state index is 0.0603. The summed E-state index contributed by atoms with van der Waals surface area (Å²) >= 11 is 9.96. The third kappa shape index (κ3) is 9.28. The van der Waals surface area contributed by atoms with Crippen LogP contribution in [-0.2, 0) is 9.05 Å². The highest BCUT2D eigenvalue weighted by molar-refractivity contribution is 7.75. The first-order valence-corrected chi connectivity index (χ1v) is 6.36. The maximum absolute atomic E-state index is 10.0. The molecule has 0 radical (unpaired) electrons. The van der Waals surface area contributed by atoms with E-state index in [-0.39, 0.29) is 13.2 Å². The molecule has 62 valence electrons. The van der Waals surface area contributed by atoms with Gasteiger partial charge in [0.05, 0.1) is 13.2 Å². The van der Waals surface area contributed by atoms with Crippen molar-refractivity contribution in [1.29, 1.82) is 0 Å². The van der Waals surface area contributed by atoms with Crippen molar-refractivity contribution < 1.29 is 18.8 Å². The topological polar surface area (TPSA) is 61.8 Å². The van der Waals surface area contributed by atoms with Crippen LogP contribution in [0, 0.1) is 0 Å². The van der Waals surface area contributed by atoms with Crippen molar-refractivity contribution in [2.75, 3.05) is 13.2 Å². The van der Waals surface area contributed by atoms with Gasteiger partial charge in [0, 0.05) is 7.73 Å². The third-order valence-electron chi connectivity index (χ3n) is 0.474. The third-order valence-corrected chi connectivity index (χ3v) is 1.84. The van der Waals surface area contributed by atoms with Crippen molar-refractivity contribution in [3.05, 3.63) is 0 Å². The monoisotopic (exact) mass is 225 g/mol. The molecule has 10 heavy (non-hydrogen) atoms. The molecule has 1 N–H and O–H groups in total. The standard InChI is InChI=1S/C2H5Cl2O4P2/c3-9(5)7-1-2-8-10(4)6/h5H,1-2H2/q-1. The molecule has 0 heterocycles. The van der Waals surface area contributed by atoms with E-state index in [2.05, 4.69) is 9.05 Å². The lowest BCUT2D eigenvalue weighted by molar-refractivity contribution is -0.174. The SMILES string of the molecule is [O-]P(Cl)OCCOP(O)Cl. The molecule has 0 bridgehead atoms. The van der Waals surface area contributed by atoms with E-state index in [4.69, 9.17) is 27.4 Å². The van der Waals surface area contributed by atoms with Gasteiger partial charge in [-0.1, -0.05) is 11.2 Å². The van der Waals surface area contributed by atoms with E-state index >= 15 is 0 Å². The number of hydrogen-bond donors (Lipinski definition) is 1. The van der Waals surface area contributed by atoms with Crippen molar-refractivity contribution in [1.82, 2.24) is 0 Å². The first kappa shape index (κ1) is 11.3. The van der Waals surface area contributed by atoms with E-state index in [9.17, 15) is 4.89 Å². The summed E-state index contributed by atoms with van der Waals surface area (Å²) in [4.78, 5) is 18.4. The quantitative estimate of drug-likeness (QED) is 0.566. The van der Waals surface area contributed by atoms with E-state index in [1.807, 2.05) is 0 Å². The Morgan fingerprint density at radius 2 is 1.80 bits per heavy atom. The summed E-state index contributed by atoms with van der Waals surface area (Å²) in [7, 11) is -3.98. The fourth-order valence-corrected chi connectivity index (χ4v) is 1.08. The second-order valence-corrected chi connectivity index (χ2v) is 4.19. The molecule has 0 saturated heterocycles. The van der Waals surface area contributed by atoms with Gasteiger partial charge in [-0.05, 0) is 11.2 Å². The normalized spacial score (nSPS) is 16.8. The molecule has 0 spiro atoms. The zero-order valence-electron chi connectivity index (χ0n) is 4.74. The minimum Gasteiger partial charge on any atom is -0.796 e. The molecule has 0 aromatic heterocycles. The van der Waals surface area contributed by atoms with Crippen molar-refractivity contribution in [2.45, 2.75) is 0 Å². The van der Waals surface area contributed by atoms with Crippen LogP contribution in [0.5, 0.6) is 0 Å². The number of rotatable bonds is 5. The molecule has 0 amide bonds. The molecule has 0 rings (SSSR count). The second-order valence-electron chi connectivity index (χ2n) is 1.11. The number of halogens is 2. The van der Waals surface area contributed by atoms with Crippen molar-refractivity contribution in [3.8, 4) is 0 Å². The molecule has 2 atom stereocenters. The first-order chi connectivity index (χ1) is 4.63. The zero-order chi connectivity index (χ0) is 7.98. The lowest BCUT2D eigenvalue weighted by Gasteiger charge is -2.13. The molecule has 0 aromatic carbocycles. The van der Waals surface area contributed by atoms with Gasteiger partial charge >= 0.3 is 0 Å². The van der Waals surface area contributed by atoms with Crippen molar-refractivity contribution in [2.24, 2.45) is 0 Å². The van der Waals surface area contributed by atoms with Gasteiger partial charge in [-0.2, -0.15) is 0 Å². The van der Waals surface area contributed by atoms with Crippen LogP contribution < -0.4 is 4.89 Å². The van der Waals surface area contributed by atoms with Gasteiger partial charge in [0.1, 0.15) is 0 Å². The Labute approximate surface area is 70.5 Å². The summed E-state index contributed by atoms with van der Waals surface area (Å²) in [5.41, 5.74) is 0. The van der Waals surface area contributed by atoms with Crippen molar-refractivity contribution >= 4 is 37.9 Å². The largest absolute Gasteiger partial charge is 0.796 e. The molecule has 4 nitrogen and oxygen atoms in total. The van der Waals surface area contributed by atoms with Gasteiger partial charge in [0.15, 0.2) is 0 Å². The fraction of sp³-hybridized carbons (Fsp3) is 1.00. The van der Waals surface area contributed by atoms with Gasteiger partial charge in [-0.3, -0.25) is 0 Å². The van der Waals surface area contributed by atoms with E-state index in [1.165, 1.54) is 0 Å². The Kier molecular flexibility index (Phi) is 7.85. The van der Waals surface area contributed by atoms with Crippen LogP contribution in [-0.4, -0.2) is 18.1 Å². The Morgan fingerprint density at radius 3 is 2.20 bits per heavy atom. The van der Waals surface area contributed by atoms with Crippen LogP contribution in [0.15, 0.2) is 0 Å². The smallest absolute Gasteiger partial charge is 0.274 e. The summed E-state index contributed by atoms with van der Waals surface area (Å²) in [5.74, 6) is 0. The molecular formula is C2H5Cl2O4P2-. The van der Waals surface area contributed by atoms with Crippen LogP contribution in [0.1, 0.15) is 0 Å². The lowest BCUT2D eigenvalue weighted by atomic mass is 10.8. The second kappa shape index (κ2) is 6.96. The van der Waals surface area contributed by atoms with Gasteiger partial charge in [0.25, 0.3) is 7.73 Å². The maximum atomic E-state index is 10.0. The maximum Gasteiger partial charge on any atom is 0.274 e. The first-order valence-electron chi connectivity index (χ1n) is 2.16. The molecule has 8 heteroatoms. The fourth-order valence-electron chi connectivity index (χ4n) is 0.222. The zero-order valence-corrected chi connectivity index (χ0v) is 8.04. The summed E-state index contributed by atoms with van der Waals surface area (Å²) in [6, 6.07) is 0. The van der Waals surface area contributed by atoms with Crippen molar-refractivity contribution in [3.63, 3.8) is 0 Å². The average molecular weight is 226 g/mol.